The molecule has 1 aromatic carbocycles. The first-order valence-corrected chi connectivity index (χ1v) is 12.2. The summed E-state index contributed by atoms with van der Waals surface area (Å²) in [6.07, 6.45) is 1.66. The van der Waals surface area contributed by atoms with E-state index in [-0.39, 0.29) is 30.1 Å². The minimum Gasteiger partial charge on any atom is -0.466 e. The zero-order chi connectivity index (χ0) is 21.6. The first-order valence-electron chi connectivity index (χ1n) is 10.6. The molecule has 30 heavy (non-hydrogen) atoms. The molecule has 0 N–H and O–H groups in total. The zero-order valence-electron chi connectivity index (χ0n) is 17.5. The molecule has 9 heteroatoms. The SMILES string of the molecule is CCOC(=O)C1CCCN(CC(=O)N2CCN(S(=O)(=O)Cc3ccccc3)CC2)C1. The van der Waals surface area contributed by atoms with Crippen molar-refractivity contribution in [1.82, 2.24) is 14.1 Å². The van der Waals surface area contributed by atoms with Gasteiger partial charge in [0.05, 0.1) is 24.8 Å². The molecule has 1 unspecified atom stereocenters. The largest absolute Gasteiger partial charge is 0.466 e. The van der Waals surface area contributed by atoms with Crippen LogP contribution in [0.3, 0.4) is 0 Å². The molecular formula is C21H31N3O5S. The number of esters is 1. The Morgan fingerprint density at radius 2 is 1.77 bits per heavy atom. The monoisotopic (exact) mass is 437 g/mol. The van der Waals surface area contributed by atoms with E-state index in [9.17, 15) is 18.0 Å². The fourth-order valence-electron chi connectivity index (χ4n) is 4.03. The topological polar surface area (TPSA) is 87.2 Å². The molecule has 8 nitrogen and oxygen atoms in total. The molecule has 0 radical (unpaired) electrons. The van der Waals surface area contributed by atoms with Crippen molar-refractivity contribution in [2.45, 2.75) is 25.5 Å². The van der Waals surface area contributed by atoms with Crippen molar-refractivity contribution in [2.24, 2.45) is 5.92 Å². The Balaban J connectivity index is 1.47. The minimum atomic E-state index is -3.40. The lowest BCUT2D eigenvalue weighted by Gasteiger charge is -2.36. The average Bonchev–Trinajstić information content (AvgIpc) is 2.74. The smallest absolute Gasteiger partial charge is 0.310 e. The van der Waals surface area contributed by atoms with Crippen LogP contribution in [-0.2, 0) is 30.1 Å². The summed E-state index contributed by atoms with van der Waals surface area (Å²) in [5.41, 5.74) is 0.761. The average molecular weight is 438 g/mol. The highest BCUT2D eigenvalue weighted by Crippen LogP contribution is 2.19. The summed E-state index contributed by atoms with van der Waals surface area (Å²) in [4.78, 5) is 28.4. The predicted molar refractivity (Wildman–Crippen MR) is 113 cm³/mol. The maximum absolute atomic E-state index is 12.7. The van der Waals surface area contributed by atoms with Gasteiger partial charge in [-0.25, -0.2) is 8.42 Å². The number of hydrogen-bond donors (Lipinski definition) is 0. The highest BCUT2D eigenvalue weighted by Gasteiger charge is 2.31. The van der Waals surface area contributed by atoms with Crippen LogP contribution >= 0.6 is 0 Å². The van der Waals surface area contributed by atoms with Crippen LogP contribution in [0.2, 0.25) is 0 Å². The van der Waals surface area contributed by atoms with Gasteiger partial charge < -0.3 is 9.64 Å². The fraction of sp³-hybridized carbons (Fsp3) is 0.619. The molecule has 0 bridgehead atoms. The Kier molecular flexibility index (Phi) is 7.85. The van der Waals surface area contributed by atoms with Crippen LogP contribution in [0.5, 0.6) is 0 Å². The third-order valence-electron chi connectivity index (χ3n) is 5.66. The second-order valence-electron chi connectivity index (χ2n) is 7.85. The number of sulfonamides is 1. The van der Waals surface area contributed by atoms with Crippen molar-refractivity contribution in [1.29, 1.82) is 0 Å². The normalized spacial score (nSPS) is 21.4. The Hall–Kier alpha value is -1.97. The second kappa shape index (κ2) is 10.4. The van der Waals surface area contributed by atoms with E-state index in [0.29, 0.717) is 39.3 Å². The summed E-state index contributed by atoms with van der Waals surface area (Å²) >= 11 is 0. The van der Waals surface area contributed by atoms with Crippen LogP contribution in [0.25, 0.3) is 0 Å². The number of piperidine rings is 1. The first-order chi connectivity index (χ1) is 14.4. The predicted octanol–water partition coefficient (Wildman–Crippen LogP) is 0.936. The standard InChI is InChI=1S/C21H31N3O5S/c1-2-29-21(26)19-9-6-10-22(15-19)16-20(25)23-11-13-24(14-12-23)30(27,28)17-18-7-4-3-5-8-18/h3-5,7-8,19H,2,6,9-17H2,1H3. The van der Waals surface area contributed by atoms with E-state index in [1.165, 1.54) is 4.31 Å². The van der Waals surface area contributed by atoms with Gasteiger partial charge in [0.1, 0.15) is 0 Å². The highest BCUT2D eigenvalue weighted by atomic mass is 32.2. The van der Waals surface area contributed by atoms with E-state index < -0.39 is 10.0 Å². The van der Waals surface area contributed by atoms with Crippen molar-refractivity contribution in [3.8, 4) is 0 Å². The molecule has 2 saturated heterocycles. The van der Waals surface area contributed by atoms with Crippen molar-refractivity contribution < 1.29 is 22.7 Å². The number of carbonyl (C=O) groups excluding carboxylic acids is 2. The number of likely N-dealkylation sites (tertiary alicyclic amines) is 1. The molecule has 2 heterocycles. The molecule has 1 amide bonds. The highest BCUT2D eigenvalue weighted by molar-refractivity contribution is 7.88. The summed E-state index contributed by atoms with van der Waals surface area (Å²) in [6, 6.07) is 9.12. The molecule has 0 aliphatic carbocycles. The lowest BCUT2D eigenvalue weighted by atomic mass is 9.98. The fourth-order valence-corrected chi connectivity index (χ4v) is 5.55. The van der Waals surface area contributed by atoms with Crippen molar-refractivity contribution in [2.75, 3.05) is 52.4 Å². The van der Waals surface area contributed by atoms with E-state index in [1.54, 1.807) is 24.0 Å². The lowest BCUT2D eigenvalue weighted by molar-refractivity contribution is -0.150. The molecule has 166 valence electrons. The van der Waals surface area contributed by atoms with Crippen LogP contribution in [0.4, 0.5) is 0 Å². The summed E-state index contributed by atoms with van der Waals surface area (Å²) in [5, 5.41) is 0. The summed E-state index contributed by atoms with van der Waals surface area (Å²) in [6.45, 7) is 5.14. The Morgan fingerprint density at radius 3 is 2.43 bits per heavy atom. The van der Waals surface area contributed by atoms with Gasteiger partial charge in [-0.1, -0.05) is 30.3 Å². The number of piperazine rings is 1. The molecule has 2 fully saturated rings. The maximum Gasteiger partial charge on any atom is 0.310 e. The van der Waals surface area contributed by atoms with Crippen molar-refractivity contribution >= 4 is 21.9 Å². The van der Waals surface area contributed by atoms with Crippen LogP contribution in [0.15, 0.2) is 30.3 Å². The number of carbonyl (C=O) groups is 2. The lowest BCUT2D eigenvalue weighted by Crippen LogP contribution is -2.53. The number of benzene rings is 1. The van der Waals surface area contributed by atoms with E-state index in [0.717, 1.165) is 24.9 Å². The maximum atomic E-state index is 12.7. The number of amides is 1. The van der Waals surface area contributed by atoms with E-state index in [1.807, 2.05) is 23.1 Å². The van der Waals surface area contributed by atoms with Gasteiger partial charge in [0.25, 0.3) is 0 Å². The van der Waals surface area contributed by atoms with Crippen molar-refractivity contribution in [3.63, 3.8) is 0 Å². The minimum absolute atomic E-state index is 0.0142. The quantitative estimate of drug-likeness (QED) is 0.590. The van der Waals surface area contributed by atoms with E-state index >= 15 is 0 Å². The molecule has 2 aliphatic heterocycles. The molecule has 2 aliphatic rings. The Morgan fingerprint density at radius 1 is 1.07 bits per heavy atom. The van der Waals surface area contributed by atoms with E-state index in [2.05, 4.69) is 0 Å². The molecule has 0 spiro atoms. The van der Waals surface area contributed by atoms with Crippen LogP contribution < -0.4 is 0 Å². The van der Waals surface area contributed by atoms with Gasteiger partial charge in [-0.2, -0.15) is 4.31 Å². The summed E-state index contributed by atoms with van der Waals surface area (Å²) in [5.74, 6) is -0.400. The number of hydrogen-bond acceptors (Lipinski definition) is 6. The van der Waals surface area contributed by atoms with Crippen LogP contribution in [0, 0.1) is 5.92 Å². The van der Waals surface area contributed by atoms with Gasteiger partial charge in [-0.15, -0.1) is 0 Å². The van der Waals surface area contributed by atoms with Gasteiger partial charge in [-0.05, 0) is 31.9 Å². The number of ether oxygens (including phenoxy) is 1. The van der Waals surface area contributed by atoms with Crippen LogP contribution in [0.1, 0.15) is 25.3 Å². The molecular weight excluding hydrogens is 406 g/mol. The second-order valence-corrected chi connectivity index (χ2v) is 9.82. The van der Waals surface area contributed by atoms with Gasteiger partial charge in [0, 0.05) is 32.7 Å². The summed E-state index contributed by atoms with van der Waals surface area (Å²) < 4.78 is 31.9. The molecule has 3 rings (SSSR count). The van der Waals surface area contributed by atoms with Crippen LogP contribution in [-0.4, -0.2) is 86.8 Å². The molecule has 1 aromatic rings. The summed E-state index contributed by atoms with van der Waals surface area (Å²) in [7, 11) is -3.40. The van der Waals surface area contributed by atoms with Crippen molar-refractivity contribution in [3.05, 3.63) is 35.9 Å². The number of nitrogens with zero attached hydrogens (tertiary/aromatic N) is 3. The van der Waals surface area contributed by atoms with Gasteiger partial charge >= 0.3 is 5.97 Å². The molecule has 0 aromatic heterocycles. The van der Waals surface area contributed by atoms with E-state index in [4.69, 9.17) is 4.74 Å². The Bertz CT molecular complexity index is 822. The molecule has 0 saturated carbocycles. The third kappa shape index (κ3) is 6.02. The van der Waals surface area contributed by atoms with Gasteiger partial charge in [-0.3, -0.25) is 14.5 Å². The molecule has 1 atom stereocenters. The Labute approximate surface area is 178 Å². The first kappa shape index (κ1) is 22.7. The number of rotatable bonds is 7. The zero-order valence-corrected chi connectivity index (χ0v) is 18.3. The van der Waals surface area contributed by atoms with Gasteiger partial charge in [0.2, 0.25) is 15.9 Å². The van der Waals surface area contributed by atoms with Gasteiger partial charge in [0.15, 0.2) is 0 Å². The third-order valence-corrected chi connectivity index (χ3v) is 7.51.